The van der Waals surface area contributed by atoms with Gasteiger partial charge in [0, 0.05) is 38.8 Å². The number of aliphatic imine (C=N–C) groups is 1. The van der Waals surface area contributed by atoms with Crippen molar-refractivity contribution in [2.75, 3.05) is 25.0 Å². The summed E-state index contributed by atoms with van der Waals surface area (Å²) in [5.41, 5.74) is 2.18. The van der Waals surface area contributed by atoms with Crippen LogP contribution >= 0.6 is 24.0 Å². The molecule has 0 aliphatic carbocycles. The Balaban J connectivity index is 0.00000264. The van der Waals surface area contributed by atoms with Crippen molar-refractivity contribution in [3.8, 4) is 0 Å². The van der Waals surface area contributed by atoms with Gasteiger partial charge >= 0.3 is 0 Å². The predicted molar refractivity (Wildman–Crippen MR) is 107 cm³/mol. The number of benzene rings is 1. The lowest BCUT2D eigenvalue weighted by Crippen LogP contribution is -2.37. The maximum Gasteiger partial charge on any atom is 0.226 e. The first kappa shape index (κ1) is 19.7. The summed E-state index contributed by atoms with van der Waals surface area (Å²) in [5.74, 6) is 1.05. The molecule has 1 amide bonds. The van der Waals surface area contributed by atoms with Crippen molar-refractivity contribution in [3.05, 3.63) is 29.8 Å². The molecule has 1 aromatic rings. The molecule has 0 unspecified atom stereocenters. The number of rotatable bonds is 5. The average Bonchev–Trinajstić information content (AvgIpc) is 2.56. The van der Waals surface area contributed by atoms with E-state index in [0.29, 0.717) is 6.42 Å². The predicted octanol–water partition coefficient (Wildman–Crippen LogP) is 2.90. The number of halogens is 1. The molecule has 1 saturated heterocycles. The summed E-state index contributed by atoms with van der Waals surface area (Å²) in [5, 5.41) is 6.53. The molecular weight excluding hydrogens is 403 g/mol. The lowest BCUT2D eigenvalue weighted by Gasteiger charge is -2.26. The van der Waals surface area contributed by atoms with E-state index in [2.05, 4.69) is 34.7 Å². The van der Waals surface area contributed by atoms with Crippen LogP contribution in [0.15, 0.2) is 29.3 Å². The molecule has 1 heterocycles. The van der Waals surface area contributed by atoms with Crippen molar-refractivity contribution in [1.82, 2.24) is 10.6 Å². The van der Waals surface area contributed by atoms with Gasteiger partial charge in [0.05, 0.1) is 0 Å². The van der Waals surface area contributed by atoms with E-state index in [9.17, 15) is 4.79 Å². The van der Waals surface area contributed by atoms with Gasteiger partial charge in [0.25, 0.3) is 0 Å². The average molecular weight is 430 g/mol. The quantitative estimate of drug-likeness (QED) is 0.429. The summed E-state index contributed by atoms with van der Waals surface area (Å²) in [4.78, 5) is 18.0. The first-order chi connectivity index (χ1) is 10.7. The molecule has 128 valence electrons. The SMILES string of the molecule is CCCNC(=NC)NCc1ccc(N2CCCCC2=O)cc1.I. The van der Waals surface area contributed by atoms with Crippen molar-refractivity contribution >= 4 is 41.5 Å². The topological polar surface area (TPSA) is 56.7 Å². The molecule has 23 heavy (non-hydrogen) atoms. The van der Waals surface area contributed by atoms with Crippen molar-refractivity contribution in [1.29, 1.82) is 0 Å². The van der Waals surface area contributed by atoms with Gasteiger partial charge in [-0.2, -0.15) is 0 Å². The third-order valence-corrected chi connectivity index (χ3v) is 3.80. The molecule has 0 aromatic heterocycles. The largest absolute Gasteiger partial charge is 0.356 e. The molecule has 0 bridgehead atoms. The second-order valence-electron chi connectivity index (χ2n) is 5.52. The van der Waals surface area contributed by atoms with Gasteiger partial charge in [-0.15, -0.1) is 24.0 Å². The molecule has 0 spiro atoms. The number of anilines is 1. The van der Waals surface area contributed by atoms with Crippen molar-refractivity contribution in [3.63, 3.8) is 0 Å². The Bertz CT molecular complexity index is 516. The maximum absolute atomic E-state index is 11.9. The molecule has 2 rings (SSSR count). The molecule has 6 heteroatoms. The molecular formula is C17H27IN4O. The summed E-state index contributed by atoms with van der Waals surface area (Å²) < 4.78 is 0. The van der Waals surface area contributed by atoms with E-state index in [-0.39, 0.29) is 29.9 Å². The summed E-state index contributed by atoms with van der Waals surface area (Å²) in [6.45, 7) is 4.60. The molecule has 1 fully saturated rings. The minimum absolute atomic E-state index is 0. The highest BCUT2D eigenvalue weighted by Gasteiger charge is 2.19. The smallest absolute Gasteiger partial charge is 0.226 e. The second kappa shape index (κ2) is 10.5. The Kier molecular flexibility index (Phi) is 8.98. The van der Waals surface area contributed by atoms with Crippen LogP contribution in [0.1, 0.15) is 38.2 Å². The molecule has 5 nitrogen and oxygen atoms in total. The van der Waals surface area contributed by atoms with Crippen LogP contribution in [0, 0.1) is 0 Å². The fourth-order valence-electron chi connectivity index (χ4n) is 2.52. The van der Waals surface area contributed by atoms with E-state index in [1.807, 2.05) is 17.0 Å². The number of piperidine rings is 1. The Hall–Kier alpha value is -1.31. The zero-order valence-electron chi connectivity index (χ0n) is 14.0. The lowest BCUT2D eigenvalue weighted by molar-refractivity contribution is -0.119. The third-order valence-electron chi connectivity index (χ3n) is 3.80. The number of carbonyl (C=O) groups excluding carboxylic acids is 1. The monoisotopic (exact) mass is 430 g/mol. The van der Waals surface area contributed by atoms with E-state index in [1.165, 1.54) is 5.56 Å². The number of hydrogen-bond acceptors (Lipinski definition) is 2. The summed E-state index contributed by atoms with van der Waals surface area (Å²) >= 11 is 0. The third kappa shape index (κ3) is 6.01. The van der Waals surface area contributed by atoms with Gasteiger partial charge in [-0.25, -0.2) is 0 Å². The van der Waals surface area contributed by atoms with Gasteiger partial charge < -0.3 is 15.5 Å². The van der Waals surface area contributed by atoms with Crippen LogP contribution < -0.4 is 15.5 Å². The van der Waals surface area contributed by atoms with E-state index in [0.717, 1.165) is 50.5 Å². The fourth-order valence-corrected chi connectivity index (χ4v) is 2.52. The number of amides is 1. The van der Waals surface area contributed by atoms with Crippen LogP contribution in [-0.4, -0.2) is 32.0 Å². The Morgan fingerprint density at radius 1 is 1.22 bits per heavy atom. The van der Waals surface area contributed by atoms with Crippen LogP contribution in [0.5, 0.6) is 0 Å². The van der Waals surface area contributed by atoms with Crippen molar-refractivity contribution < 1.29 is 4.79 Å². The Labute approximate surface area is 156 Å². The van der Waals surface area contributed by atoms with Crippen LogP contribution in [0.25, 0.3) is 0 Å². The first-order valence-electron chi connectivity index (χ1n) is 8.08. The van der Waals surface area contributed by atoms with Crippen LogP contribution in [-0.2, 0) is 11.3 Å². The van der Waals surface area contributed by atoms with Gasteiger partial charge in [0.1, 0.15) is 0 Å². The molecule has 2 N–H and O–H groups in total. The van der Waals surface area contributed by atoms with Gasteiger partial charge in [-0.05, 0) is 37.0 Å². The standard InChI is InChI=1S/C17H26N4O.HI/c1-3-11-19-17(18-2)20-13-14-7-9-15(10-8-14)21-12-5-4-6-16(21)22;/h7-10H,3-6,11-13H2,1-2H3,(H2,18,19,20);1H. The van der Waals surface area contributed by atoms with Crippen molar-refractivity contribution in [2.24, 2.45) is 4.99 Å². The van der Waals surface area contributed by atoms with E-state index in [1.54, 1.807) is 7.05 Å². The van der Waals surface area contributed by atoms with Gasteiger partial charge in [-0.1, -0.05) is 19.1 Å². The normalized spacial score (nSPS) is 15.1. The molecule has 1 aromatic carbocycles. The summed E-state index contributed by atoms with van der Waals surface area (Å²) in [7, 11) is 1.77. The molecule has 1 aliphatic rings. The number of nitrogens with one attached hydrogen (secondary N) is 2. The zero-order chi connectivity index (χ0) is 15.8. The van der Waals surface area contributed by atoms with Crippen LogP contribution in [0.2, 0.25) is 0 Å². The van der Waals surface area contributed by atoms with E-state index >= 15 is 0 Å². The van der Waals surface area contributed by atoms with E-state index < -0.39 is 0 Å². The van der Waals surface area contributed by atoms with Crippen LogP contribution in [0.3, 0.4) is 0 Å². The zero-order valence-corrected chi connectivity index (χ0v) is 16.3. The number of carbonyl (C=O) groups is 1. The van der Waals surface area contributed by atoms with Gasteiger partial charge in [-0.3, -0.25) is 9.79 Å². The minimum atomic E-state index is 0. The van der Waals surface area contributed by atoms with Gasteiger partial charge in [0.2, 0.25) is 5.91 Å². The highest BCUT2D eigenvalue weighted by molar-refractivity contribution is 14.0. The highest BCUT2D eigenvalue weighted by atomic mass is 127. The van der Waals surface area contributed by atoms with Crippen LogP contribution in [0.4, 0.5) is 5.69 Å². The van der Waals surface area contributed by atoms with E-state index in [4.69, 9.17) is 0 Å². The molecule has 1 aliphatic heterocycles. The lowest BCUT2D eigenvalue weighted by atomic mass is 10.1. The number of guanidine groups is 1. The number of hydrogen-bond donors (Lipinski definition) is 2. The maximum atomic E-state index is 11.9. The molecule has 0 atom stereocenters. The molecule has 0 radical (unpaired) electrons. The molecule has 0 saturated carbocycles. The number of nitrogens with zero attached hydrogens (tertiary/aromatic N) is 2. The highest BCUT2D eigenvalue weighted by Crippen LogP contribution is 2.21. The Morgan fingerprint density at radius 3 is 2.57 bits per heavy atom. The van der Waals surface area contributed by atoms with Gasteiger partial charge in [0.15, 0.2) is 5.96 Å². The minimum Gasteiger partial charge on any atom is -0.356 e. The van der Waals surface area contributed by atoms with Crippen molar-refractivity contribution in [2.45, 2.75) is 39.2 Å². The first-order valence-corrected chi connectivity index (χ1v) is 8.08. The summed E-state index contributed by atoms with van der Waals surface area (Å²) in [6, 6.07) is 8.19. The fraction of sp³-hybridized carbons (Fsp3) is 0.529. The summed E-state index contributed by atoms with van der Waals surface area (Å²) in [6.07, 6.45) is 3.84. The second-order valence-corrected chi connectivity index (χ2v) is 5.52. The Morgan fingerprint density at radius 2 is 1.96 bits per heavy atom.